The predicted molar refractivity (Wildman–Crippen MR) is 80.9 cm³/mol. The highest BCUT2D eigenvalue weighted by Crippen LogP contribution is 2.30. The van der Waals surface area contributed by atoms with Crippen molar-refractivity contribution >= 4 is 5.69 Å². The number of nitrogens with zero attached hydrogens (tertiary/aromatic N) is 2. The van der Waals surface area contributed by atoms with Crippen molar-refractivity contribution in [2.45, 2.75) is 46.2 Å². The monoisotopic (exact) mass is 259 g/mol. The molecule has 3 heteroatoms. The summed E-state index contributed by atoms with van der Waals surface area (Å²) < 4.78 is 0. The predicted octanol–water partition coefficient (Wildman–Crippen LogP) is 3.17. The average molecular weight is 259 g/mol. The Hall–Kier alpha value is -1.53. The van der Waals surface area contributed by atoms with Gasteiger partial charge in [0.2, 0.25) is 0 Å². The molecule has 19 heavy (non-hydrogen) atoms. The Morgan fingerprint density at radius 2 is 1.84 bits per heavy atom. The SMILES string of the molecule is CC(N)C(N(CCC#N)c1ccccc1)C(C)(C)C. The van der Waals surface area contributed by atoms with E-state index in [0.717, 1.165) is 5.69 Å². The van der Waals surface area contributed by atoms with Crippen LogP contribution in [0.1, 0.15) is 34.1 Å². The minimum Gasteiger partial charge on any atom is -0.365 e. The number of hydrogen-bond acceptors (Lipinski definition) is 3. The highest BCUT2D eigenvalue weighted by molar-refractivity contribution is 5.48. The fraction of sp³-hybridized carbons (Fsp3) is 0.562. The number of nitrogens with two attached hydrogens (primary N) is 1. The maximum Gasteiger partial charge on any atom is 0.0640 e. The lowest BCUT2D eigenvalue weighted by molar-refractivity contribution is 0.273. The van der Waals surface area contributed by atoms with E-state index in [1.165, 1.54) is 0 Å². The lowest BCUT2D eigenvalue weighted by Gasteiger charge is -2.44. The Balaban J connectivity index is 3.11. The van der Waals surface area contributed by atoms with E-state index in [1.54, 1.807) is 0 Å². The highest BCUT2D eigenvalue weighted by atomic mass is 15.2. The number of hydrogen-bond donors (Lipinski definition) is 1. The summed E-state index contributed by atoms with van der Waals surface area (Å²) in [4.78, 5) is 2.27. The maximum absolute atomic E-state index is 8.88. The van der Waals surface area contributed by atoms with Crippen molar-refractivity contribution in [1.29, 1.82) is 5.26 Å². The highest BCUT2D eigenvalue weighted by Gasteiger charge is 2.33. The molecule has 0 radical (unpaired) electrons. The number of para-hydroxylation sites is 1. The van der Waals surface area contributed by atoms with Crippen molar-refractivity contribution in [3.8, 4) is 6.07 Å². The minimum absolute atomic E-state index is 0.0406. The standard InChI is InChI=1S/C16H25N3/c1-13(18)15(16(2,3)4)19(12-8-11-17)14-9-6-5-7-10-14/h5-7,9-10,13,15H,8,12,18H2,1-4H3. The molecule has 3 nitrogen and oxygen atoms in total. The second kappa shape index (κ2) is 6.58. The second-order valence-corrected chi connectivity index (χ2v) is 6.11. The van der Waals surface area contributed by atoms with E-state index in [1.807, 2.05) is 25.1 Å². The van der Waals surface area contributed by atoms with Crippen LogP contribution in [0.4, 0.5) is 5.69 Å². The van der Waals surface area contributed by atoms with Crippen LogP contribution in [0.25, 0.3) is 0 Å². The normalized spacial score (nSPS) is 14.5. The van der Waals surface area contributed by atoms with Gasteiger partial charge >= 0.3 is 0 Å². The van der Waals surface area contributed by atoms with Gasteiger partial charge in [-0.15, -0.1) is 0 Å². The third-order valence-corrected chi connectivity index (χ3v) is 3.27. The zero-order chi connectivity index (χ0) is 14.5. The van der Waals surface area contributed by atoms with Crippen LogP contribution < -0.4 is 10.6 Å². The molecule has 2 N–H and O–H groups in total. The smallest absolute Gasteiger partial charge is 0.0640 e. The van der Waals surface area contributed by atoms with Gasteiger partial charge in [0.25, 0.3) is 0 Å². The first-order valence-corrected chi connectivity index (χ1v) is 6.82. The van der Waals surface area contributed by atoms with Crippen LogP contribution in [0.3, 0.4) is 0 Å². The van der Waals surface area contributed by atoms with Gasteiger partial charge in [-0.05, 0) is 24.5 Å². The van der Waals surface area contributed by atoms with Gasteiger partial charge in [-0.3, -0.25) is 0 Å². The summed E-state index contributed by atoms with van der Waals surface area (Å²) in [6, 6.07) is 12.7. The summed E-state index contributed by atoms with van der Waals surface area (Å²) in [5.41, 5.74) is 7.40. The molecule has 2 atom stereocenters. The fourth-order valence-electron chi connectivity index (χ4n) is 2.76. The second-order valence-electron chi connectivity index (χ2n) is 6.11. The molecule has 0 fully saturated rings. The fourth-order valence-corrected chi connectivity index (χ4v) is 2.76. The van der Waals surface area contributed by atoms with E-state index >= 15 is 0 Å². The Kier molecular flexibility index (Phi) is 5.38. The number of anilines is 1. The number of nitriles is 1. The van der Waals surface area contributed by atoms with E-state index < -0.39 is 0 Å². The molecule has 1 aromatic rings. The Morgan fingerprint density at radius 1 is 1.26 bits per heavy atom. The van der Waals surface area contributed by atoms with Crippen LogP contribution in [-0.2, 0) is 0 Å². The third-order valence-electron chi connectivity index (χ3n) is 3.27. The summed E-state index contributed by atoms with van der Waals surface area (Å²) in [6.45, 7) is 9.35. The van der Waals surface area contributed by atoms with Gasteiger partial charge in [0, 0.05) is 24.3 Å². The molecule has 0 heterocycles. The molecule has 0 saturated carbocycles. The van der Waals surface area contributed by atoms with E-state index in [0.29, 0.717) is 13.0 Å². The third kappa shape index (κ3) is 4.25. The van der Waals surface area contributed by atoms with Crippen molar-refractivity contribution in [1.82, 2.24) is 0 Å². The van der Waals surface area contributed by atoms with Gasteiger partial charge in [0.1, 0.15) is 0 Å². The van der Waals surface area contributed by atoms with Gasteiger partial charge in [0.05, 0.1) is 12.5 Å². The molecule has 0 saturated heterocycles. The molecule has 1 rings (SSSR count). The summed E-state index contributed by atoms with van der Waals surface area (Å²) >= 11 is 0. The van der Waals surface area contributed by atoms with E-state index in [2.05, 4.69) is 43.9 Å². The first-order chi connectivity index (χ1) is 8.88. The van der Waals surface area contributed by atoms with E-state index in [-0.39, 0.29) is 17.5 Å². The lowest BCUT2D eigenvalue weighted by Crippen LogP contribution is -2.54. The quantitative estimate of drug-likeness (QED) is 0.883. The van der Waals surface area contributed by atoms with Crippen molar-refractivity contribution in [3.05, 3.63) is 30.3 Å². The van der Waals surface area contributed by atoms with E-state index in [9.17, 15) is 0 Å². The molecule has 0 aliphatic carbocycles. The van der Waals surface area contributed by atoms with Crippen LogP contribution in [0, 0.1) is 16.7 Å². The molecule has 2 unspecified atom stereocenters. The molecule has 0 spiro atoms. The van der Waals surface area contributed by atoms with E-state index in [4.69, 9.17) is 11.0 Å². The van der Waals surface area contributed by atoms with Gasteiger partial charge in [-0.25, -0.2) is 0 Å². The molecule has 1 aromatic carbocycles. The molecule has 0 amide bonds. The number of rotatable bonds is 5. The summed E-state index contributed by atoms with van der Waals surface area (Å²) in [6.07, 6.45) is 0.508. The molecule has 0 aromatic heterocycles. The average Bonchev–Trinajstić information content (AvgIpc) is 2.33. The van der Waals surface area contributed by atoms with Crippen molar-refractivity contribution in [2.24, 2.45) is 11.1 Å². The van der Waals surface area contributed by atoms with Gasteiger partial charge < -0.3 is 10.6 Å². The molecular weight excluding hydrogens is 234 g/mol. The van der Waals surface area contributed by atoms with Crippen molar-refractivity contribution < 1.29 is 0 Å². The molecule has 0 bridgehead atoms. The van der Waals surface area contributed by atoms with Gasteiger partial charge in [-0.2, -0.15) is 5.26 Å². The number of benzene rings is 1. The zero-order valence-corrected chi connectivity index (χ0v) is 12.4. The summed E-state index contributed by atoms with van der Waals surface area (Å²) in [7, 11) is 0. The van der Waals surface area contributed by atoms with Crippen molar-refractivity contribution in [3.63, 3.8) is 0 Å². The topological polar surface area (TPSA) is 53.0 Å². The Morgan fingerprint density at radius 3 is 2.26 bits per heavy atom. The molecule has 0 aliphatic heterocycles. The first-order valence-electron chi connectivity index (χ1n) is 6.82. The first kappa shape index (κ1) is 15.5. The van der Waals surface area contributed by atoms with Gasteiger partial charge in [-0.1, -0.05) is 39.0 Å². The summed E-state index contributed by atoms with van der Waals surface area (Å²) in [5.74, 6) is 0. The molecule has 104 valence electrons. The van der Waals surface area contributed by atoms with Crippen LogP contribution >= 0.6 is 0 Å². The van der Waals surface area contributed by atoms with Crippen LogP contribution in [0.15, 0.2) is 30.3 Å². The Labute approximate surface area is 117 Å². The van der Waals surface area contributed by atoms with Crippen molar-refractivity contribution in [2.75, 3.05) is 11.4 Å². The Bertz CT molecular complexity index is 412. The zero-order valence-electron chi connectivity index (χ0n) is 12.4. The molecule has 0 aliphatic rings. The van der Waals surface area contributed by atoms with Crippen LogP contribution in [0.5, 0.6) is 0 Å². The van der Waals surface area contributed by atoms with Crippen LogP contribution in [0.2, 0.25) is 0 Å². The summed E-state index contributed by atoms with van der Waals surface area (Å²) in [5, 5.41) is 8.88. The molecular formula is C16H25N3. The van der Waals surface area contributed by atoms with Crippen LogP contribution in [-0.4, -0.2) is 18.6 Å². The van der Waals surface area contributed by atoms with Gasteiger partial charge in [0.15, 0.2) is 0 Å². The lowest BCUT2D eigenvalue weighted by atomic mass is 9.81. The maximum atomic E-state index is 8.88. The largest absolute Gasteiger partial charge is 0.365 e. The minimum atomic E-state index is 0.0406.